The van der Waals surface area contributed by atoms with Gasteiger partial charge in [0.2, 0.25) is 0 Å². The number of nitrogens with one attached hydrogen (secondary N) is 1. The highest BCUT2D eigenvalue weighted by atomic mass is 15.3. The molecule has 0 aliphatic carbocycles. The summed E-state index contributed by atoms with van der Waals surface area (Å²) in [5.41, 5.74) is 3.75. The van der Waals surface area contributed by atoms with Crippen LogP contribution in [0.2, 0.25) is 0 Å². The van der Waals surface area contributed by atoms with E-state index in [2.05, 4.69) is 46.6 Å². The molecule has 0 aliphatic heterocycles. The SMILES string of the molecule is Cc1c(CNCc2cccc3cnccc23)cnn1C. The van der Waals surface area contributed by atoms with Crippen LogP contribution in [0.1, 0.15) is 16.8 Å². The van der Waals surface area contributed by atoms with Crippen molar-refractivity contribution in [2.24, 2.45) is 7.05 Å². The molecule has 4 heteroatoms. The van der Waals surface area contributed by atoms with Crippen molar-refractivity contribution >= 4 is 10.8 Å². The Balaban J connectivity index is 1.73. The van der Waals surface area contributed by atoms with Gasteiger partial charge in [0, 0.05) is 49.2 Å². The molecule has 0 unspecified atom stereocenters. The van der Waals surface area contributed by atoms with Crippen molar-refractivity contribution in [2.45, 2.75) is 20.0 Å². The molecule has 0 saturated heterocycles. The van der Waals surface area contributed by atoms with Gasteiger partial charge in [0.05, 0.1) is 6.20 Å². The van der Waals surface area contributed by atoms with Gasteiger partial charge in [0.15, 0.2) is 0 Å². The summed E-state index contributed by atoms with van der Waals surface area (Å²) in [4.78, 5) is 4.16. The Morgan fingerprint density at radius 1 is 1.10 bits per heavy atom. The number of nitrogens with zero attached hydrogens (tertiary/aromatic N) is 3. The highest BCUT2D eigenvalue weighted by Crippen LogP contribution is 2.17. The number of aromatic nitrogens is 3. The maximum Gasteiger partial charge on any atom is 0.0537 e. The molecule has 3 aromatic rings. The molecule has 20 heavy (non-hydrogen) atoms. The summed E-state index contributed by atoms with van der Waals surface area (Å²) in [6, 6.07) is 8.40. The van der Waals surface area contributed by atoms with E-state index in [1.54, 1.807) is 0 Å². The van der Waals surface area contributed by atoms with Gasteiger partial charge >= 0.3 is 0 Å². The summed E-state index contributed by atoms with van der Waals surface area (Å²) < 4.78 is 1.90. The highest BCUT2D eigenvalue weighted by molar-refractivity contribution is 5.84. The van der Waals surface area contributed by atoms with Gasteiger partial charge in [-0.15, -0.1) is 0 Å². The molecule has 0 aliphatic rings. The Morgan fingerprint density at radius 2 is 1.95 bits per heavy atom. The Labute approximate surface area is 118 Å². The van der Waals surface area contributed by atoms with Crippen molar-refractivity contribution < 1.29 is 0 Å². The average molecular weight is 266 g/mol. The van der Waals surface area contributed by atoms with Crippen LogP contribution in [-0.4, -0.2) is 14.8 Å². The molecule has 2 heterocycles. The van der Waals surface area contributed by atoms with E-state index in [1.807, 2.05) is 30.3 Å². The summed E-state index contributed by atoms with van der Waals surface area (Å²) >= 11 is 0. The van der Waals surface area contributed by atoms with Crippen molar-refractivity contribution in [3.63, 3.8) is 0 Å². The first-order valence-corrected chi connectivity index (χ1v) is 6.75. The second-order valence-corrected chi connectivity index (χ2v) is 5.00. The van der Waals surface area contributed by atoms with Gasteiger partial charge in [-0.2, -0.15) is 5.10 Å². The third kappa shape index (κ3) is 2.42. The molecule has 0 bridgehead atoms. The van der Waals surface area contributed by atoms with Crippen molar-refractivity contribution in [1.29, 1.82) is 0 Å². The lowest BCUT2D eigenvalue weighted by atomic mass is 10.1. The topological polar surface area (TPSA) is 42.7 Å². The molecule has 0 saturated carbocycles. The minimum absolute atomic E-state index is 0.834. The molecule has 0 fully saturated rings. The van der Waals surface area contributed by atoms with Gasteiger partial charge in [-0.3, -0.25) is 9.67 Å². The van der Waals surface area contributed by atoms with Gasteiger partial charge < -0.3 is 5.32 Å². The normalized spacial score (nSPS) is 11.1. The van der Waals surface area contributed by atoms with E-state index in [0.29, 0.717) is 0 Å². The lowest BCUT2D eigenvalue weighted by Crippen LogP contribution is -2.13. The predicted molar refractivity (Wildman–Crippen MR) is 80.2 cm³/mol. The Kier molecular flexibility index (Phi) is 3.48. The zero-order valence-corrected chi connectivity index (χ0v) is 11.8. The summed E-state index contributed by atoms with van der Waals surface area (Å²) in [5, 5.41) is 10.2. The summed E-state index contributed by atoms with van der Waals surface area (Å²) in [6.07, 6.45) is 5.68. The fourth-order valence-electron chi connectivity index (χ4n) is 2.39. The van der Waals surface area contributed by atoms with Crippen molar-refractivity contribution in [1.82, 2.24) is 20.1 Å². The number of pyridine rings is 1. The van der Waals surface area contributed by atoms with Crippen LogP contribution in [0.5, 0.6) is 0 Å². The lowest BCUT2D eigenvalue weighted by molar-refractivity contribution is 0.687. The third-order valence-corrected chi connectivity index (χ3v) is 3.74. The number of rotatable bonds is 4. The molecule has 2 aromatic heterocycles. The number of hydrogen-bond acceptors (Lipinski definition) is 3. The van der Waals surface area contributed by atoms with E-state index < -0.39 is 0 Å². The molecular weight excluding hydrogens is 248 g/mol. The first kappa shape index (κ1) is 12.8. The zero-order valence-electron chi connectivity index (χ0n) is 11.8. The zero-order chi connectivity index (χ0) is 13.9. The second kappa shape index (κ2) is 5.43. The minimum Gasteiger partial charge on any atom is -0.308 e. The molecule has 1 aromatic carbocycles. The maximum absolute atomic E-state index is 4.26. The fraction of sp³-hybridized carbons (Fsp3) is 0.250. The molecule has 102 valence electrons. The minimum atomic E-state index is 0.834. The smallest absolute Gasteiger partial charge is 0.0537 e. The van der Waals surface area contributed by atoms with Gasteiger partial charge in [-0.1, -0.05) is 18.2 Å². The van der Waals surface area contributed by atoms with Crippen LogP contribution in [0, 0.1) is 6.92 Å². The lowest BCUT2D eigenvalue weighted by Gasteiger charge is -2.08. The van der Waals surface area contributed by atoms with E-state index >= 15 is 0 Å². The number of benzene rings is 1. The first-order valence-electron chi connectivity index (χ1n) is 6.75. The molecule has 1 N–H and O–H groups in total. The molecular formula is C16H18N4. The van der Waals surface area contributed by atoms with E-state index in [0.717, 1.165) is 13.1 Å². The van der Waals surface area contributed by atoms with Crippen LogP contribution >= 0.6 is 0 Å². The van der Waals surface area contributed by atoms with E-state index in [4.69, 9.17) is 0 Å². The largest absolute Gasteiger partial charge is 0.308 e. The van der Waals surface area contributed by atoms with Gasteiger partial charge in [-0.25, -0.2) is 0 Å². The molecule has 0 atom stereocenters. The maximum atomic E-state index is 4.26. The highest BCUT2D eigenvalue weighted by Gasteiger charge is 2.04. The van der Waals surface area contributed by atoms with Crippen LogP contribution in [0.15, 0.2) is 42.9 Å². The van der Waals surface area contributed by atoms with Crippen molar-refractivity contribution in [3.05, 3.63) is 59.7 Å². The summed E-state index contributed by atoms with van der Waals surface area (Å²) in [6.45, 7) is 3.77. The van der Waals surface area contributed by atoms with Crippen LogP contribution in [-0.2, 0) is 20.1 Å². The molecule has 4 nitrogen and oxygen atoms in total. The van der Waals surface area contributed by atoms with Gasteiger partial charge in [0.1, 0.15) is 0 Å². The van der Waals surface area contributed by atoms with Crippen LogP contribution in [0.4, 0.5) is 0 Å². The van der Waals surface area contributed by atoms with E-state index in [9.17, 15) is 0 Å². The standard InChI is InChI=1S/C16H18N4/c1-12-15(11-19-20(12)2)10-18-9-14-5-3-4-13-8-17-7-6-16(13)14/h3-8,11,18H,9-10H2,1-2H3. The average Bonchev–Trinajstić information content (AvgIpc) is 2.79. The van der Waals surface area contributed by atoms with E-state index in [1.165, 1.54) is 27.6 Å². The molecule has 0 spiro atoms. The van der Waals surface area contributed by atoms with Crippen LogP contribution in [0.25, 0.3) is 10.8 Å². The summed E-state index contributed by atoms with van der Waals surface area (Å²) in [7, 11) is 1.97. The Morgan fingerprint density at radius 3 is 2.75 bits per heavy atom. The van der Waals surface area contributed by atoms with Gasteiger partial charge in [-0.05, 0) is 23.9 Å². The van der Waals surface area contributed by atoms with Crippen molar-refractivity contribution in [2.75, 3.05) is 0 Å². The monoisotopic (exact) mass is 266 g/mol. The predicted octanol–water partition coefficient (Wildman–Crippen LogP) is 2.57. The third-order valence-electron chi connectivity index (χ3n) is 3.74. The molecule has 3 rings (SSSR count). The number of aryl methyl sites for hydroxylation is 1. The van der Waals surface area contributed by atoms with Crippen molar-refractivity contribution in [3.8, 4) is 0 Å². The Hall–Kier alpha value is -2.20. The molecule has 0 radical (unpaired) electrons. The first-order chi connectivity index (χ1) is 9.75. The Bertz CT molecular complexity index is 725. The number of fused-ring (bicyclic) bond motifs is 1. The fourth-order valence-corrected chi connectivity index (χ4v) is 2.39. The molecule has 0 amide bonds. The summed E-state index contributed by atoms with van der Waals surface area (Å²) in [5.74, 6) is 0. The quantitative estimate of drug-likeness (QED) is 0.789. The van der Waals surface area contributed by atoms with E-state index in [-0.39, 0.29) is 0 Å². The second-order valence-electron chi connectivity index (χ2n) is 5.00. The van der Waals surface area contributed by atoms with Crippen LogP contribution < -0.4 is 5.32 Å². The van der Waals surface area contributed by atoms with Crippen LogP contribution in [0.3, 0.4) is 0 Å². The van der Waals surface area contributed by atoms with Gasteiger partial charge in [0.25, 0.3) is 0 Å². The number of hydrogen-bond donors (Lipinski definition) is 1.